The van der Waals surface area contributed by atoms with Crippen LogP contribution in [0.2, 0.25) is 0 Å². The zero-order valence-electron chi connectivity index (χ0n) is 16.3. The van der Waals surface area contributed by atoms with E-state index in [0.717, 1.165) is 45.3 Å². The molecule has 0 spiro atoms. The van der Waals surface area contributed by atoms with E-state index < -0.39 is 6.23 Å². The molecule has 0 aromatic heterocycles. The molecule has 0 aliphatic carbocycles. The van der Waals surface area contributed by atoms with Crippen LogP contribution < -0.4 is 4.74 Å². The maximum absolute atomic E-state index is 10.9. The van der Waals surface area contributed by atoms with Crippen LogP contribution in [-0.2, 0) is 0 Å². The molecule has 0 radical (unpaired) electrons. The van der Waals surface area contributed by atoms with Gasteiger partial charge in [0.1, 0.15) is 11.5 Å². The van der Waals surface area contributed by atoms with Crippen LogP contribution >= 0.6 is 0 Å². The van der Waals surface area contributed by atoms with E-state index in [4.69, 9.17) is 9.84 Å². The maximum atomic E-state index is 10.9. The number of para-hydroxylation sites is 1. The van der Waals surface area contributed by atoms with E-state index in [9.17, 15) is 5.11 Å². The van der Waals surface area contributed by atoms with Crippen LogP contribution in [0.5, 0.6) is 11.5 Å². The molecule has 4 nitrogen and oxygen atoms in total. The Hall–Kier alpha value is -3.79. The predicted molar refractivity (Wildman–Crippen MR) is 118 cm³/mol. The lowest BCUT2D eigenvalue weighted by atomic mass is 9.95. The van der Waals surface area contributed by atoms with Gasteiger partial charge in [-0.15, -0.1) is 0 Å². The largest absolute Gasteiger partial charge is 0.507 e. The average molecular weight is 392 g/mol. The van der Waals surface area contributed by atoms with Gasteiger partial charge in [0.05, 0.1) is 17.3 Å². The Kier molecular flexibility index (Phi) is 3.78. The molecular weight excluding hydrogens is 372 g/mol. The number of aromatic hydroxyl groups is 1. The molecule has 30 heavy (non-hydrogen) atoms. The second kappa shape index (κ2) is 6.63. The second-order valence-electron chi connectivity index (χ2n) is 7.74. The number of phenols is 1. The fourth-order valence-electron chi connectivity index (χ4n) is 4.57. The summed E-state index contributed by atoms with van der Waals surface area (Å²) in [6.07, 6.45) is 0.295. The van der Waals surface area contributed by atoms with Gasteiger partial charge in [-0.1, -0.05) is 78.9 Å². The smallest absolute Gasteiger partial charge is 0.218 e. The molecule has 2 aliphatic heterocycles. The Bertz CT molecular complexity index is 1280. The van der Waals surface area contributed by atoms with E-state index in [0.29, 0.717) is 0 Å². The molecule has 0 saturated heterocycles. The van der Waals surface area contributed by atoms with Crippen molar-refractivity contribution in [1.82, 2.24) is 5.01 Å². The van der Waals surface area contributed by atoms with Crippen molar-refractivity contribution in [3.63, 3.8) is 0 Å². The summed E-state index contributed by atoms with van der Waals surface area (Å²) >= 11 is 0. The lowest BCUT2D eigenvalue weighted by molar-refractivity contribution is -0.0193. The first kappa shape index (κ1) is 17.1. The highest BCUT2D eigenvalue weighted by atomic mass is 16.5. The minimum absolute atomic E-state index is 0.0634. The Labute approximate surface area is 174 Å². The second-order valence-corrected chi connectivity index (χ2v) is 7.74. The lowest BCUT2D eigenvalue weighted by Crippen LogP contribution is -2.33. The first-order chi connectivity index (χ1) is 14.8. The molecule has 0 unspecified atom stereocenters. The number of rotatable bonds is 2. The first-order valence-electron chi connectivity index (χ1n) is 10.2. The van der Waals surface area contributed by atoms with Crippen molar-refractivity contribution >= 4 is 16.5 Å². The highest BCUT2D eigenvalue weighted by Gasteiger charge is 2.42. The van der Waals surface area contributed by atoms with Gasteiger partial charge in [-0.3, -0.25) is 0 Å². The molecule has 4 heteroatoms. The van der Waals surface area contributed by atoms with E-state index in [1.54, 1.807) is 6.07 Å². The molecule has 2 aliphatic rings. The van der Waals surface area contributed by atoms with Gasteiger partial charge in [0, 0.05) is 12.0 Å². The third-order valence-electron chi connectivity index (χ3n) is 6.00. The maximum Gasteiger partial charge on any atom is 0.218 e. The van der Waals surface area contributed by atoms with Crippen molar-refractivity contribution in [2.45, 2.75) is 18.7 Å². The third-order valence-corrected chi connectivity index (χ3v) is 6.00. The molecule has 2 heterocycles. The quantitative estimate of drug-likeness (QED) is 0.470. The normalized spacial score (nSPS) is 19.7. The first-order valence-corrected chi connectivity index (χ1v) is 10.2. The Balaban J connectivity index is 1.55. The molecule has 0 saturated carbocycles. The van der Waals surface area contributed by atoms with Gasteiger partial charge in [-0.05, 0) is 28.5 Å². The standard InChI is InChI=1S/C26H20N2O2/c29-23-15-14-17-8-4-5-11-19(17)25(23)26-28-22(20-12-6-7-13-24(20)30-26)16-21(27-28)18-9-2-1-3-10-18/h1-15,22,26,29H,16H2/t22-,26+/m0/s1. The summed E-state index contributed by atoms with van der Waals surface area (Å²) in [5.41, 5.74) is 4.03. The van der Waals surface area contributed by atoms with Crippen LogP contribution in [0.3, 0.4) is 0 Å². The molecule has 6 rings (SSSR count). The van der Waals surface area contributed by atoms with Gasteiger partial charge in [-0.25, -0.2) is 5.01 Å². The number of fused-ring (bicyclic) bond motifs is 4. The number of benzene rings is 4. The molecule has 2 atom stereocenters. The van der Waals surface area contributed by atoms with Crippen LogP contribution in [0.25, 0.3) is 10.8 Å². The number of phenolic OH excluding ortho intramolecular Hbond substituents is 1. The van der Waals surface area contributed by atoms with Gasteiger partial charge in [0.2, 0.25) is 6.23 Å². The van der Waals surface area contributed by atoms with E-state index in [1.165, 1.54) is 0 Å². The van der Waals surface area contributed by atoms with Crippen LogP contribution in [0.15, 0.2) is 96.1 Å². The molecule has 1 N–H and O–H groups in total. The van der Waals surface area contributed by atoms with Crippen molar-refractivity contribution in [3.05, 3.63) is 108 Å². The monoisotopic (exact) mass is 392 g/mol. The van der Waals surface area contributed by atoms with Crippen LogP contribution in [0.4, 0.5) is 0 Å². The summed E-state index contributed by atoms with van der Waals surface area (Å²) in [5.74, 6) is 1.07. The van der Waals surface area contributed by atoms with E-state index in [1.807, 2.05) is 65.7 Å². The molecule has 0 fully saturated rings. The molecular formula is C26H20N2O2. The SMILES string of the molecule is Oc1ccc2ccccc2c1[C@H]1Oc2ccccc2[C@@H]2CC(c3ccccc3)=NN12. The van der Waals surface area contributed by atoms with Crippen LogP contribution in [-0.4, -0.2) is 15.8 Å². The highest BCUT2D eigenvalue weighted by molar-refractivity contribution is 6.02. The number of hydrazone groups is 1. The van der Waals surface area contributed by atoms with Gasteiger partial charge < -0.3 is 9.84 Å². The van der Waals surface area contributed by atoms with E-state index >= 15 is 0 Å². The minimum Gasteiger partial charge on any atom is -0.507 e. The number of hydrogen-bond acceptors (Lipinski definition) is 4. The van der Waals surface area contributed by atoms with Gasteiger partial charge in [-0.2, -0.15) is 5.10 Å². The van der Waals surface area contributed by atoms with Gasteiger partial charge in [0.25, 0.3) is 0 Å². The Morgan fingerprint density at radius 2 is 1.60 bits per heavy atom. The minimum atomic E-state index is -0.503. The summed E-state index contributed by atoms with van der Waals surface area (Å²) in [6.45, 7) is 0. The van der Waals surface area contributed by atoms with Crippen LogP contribution in [0, 0.1) is 0 Å². The van der Waals surface area contributed by atoms with Crippen molar-refractivity contribution in [2.75, 3.05) is 0 Å². The summed E-state index contributed by atoms with van der Waals surface area (Å²) in [7, 11) is 0. The topological polar surface area (TPSA) is 45.1 Å². The zero-order chi connectivity index (χ0) is 20.1. The number of nitrogens with zero attached hydrogens (tertiary/aromatic N) is 2. The Morgan fingerprint density at radius 1 is 0.833 bits per heavy atom. The highest BCUT2D eigenvalue weighted by Crippen LogP contribution is 2.49. The summed E-state index contributed by atoms with van der Waals surface area (Å²) < 4.78 is 6.46. The molecule has 0 bridgehead atoms. The van der Waals surface area contributed by atoms with Gasteiger partial charge in [0.15, 0.2) is 0 Å². The van der Waals surface area contributed by atoms with E-state index in [2.05, 4.69) is 24.3 Å². The van der Waals surface area contributed by atoms with Crippen molar-refractivity contribution in [2.24, 2.45) is 5.10 Å². The molecule has 0 amide bonds. The zero-order valence-corrected chi connectivity index (χ0v) is 16.3. The Morgan fingerprint density at radius 3 is 2.50 bits per heavy atom. The van der Waals surface area contributed by atoms with Crippen molar-refractivity contribution in [3.8, 4) is 11.5 Å². The van der Waals surface area contributed by atoms with E-state index in [-0.39, 0.29) is 11.8 Å². The molecule has 146 valence electrons. The predicted octanol–water partition coefficient (Wildman–Crippen LogP) is 5.79. The fourth-order valence-corrected chi connectivity index (χ4v) is 4.57. The van der Waals surface area contributed by atoms with Crippen molar-refractivity contribution in [1.29, 1.82) is 0 Å². The van der Waals surface area contributed by atoms with Crippen LogP contribution in [0.1, 0.15) is 35.4 Å². The number of ether oxygens (including phenoxy) is 1. The molecule has 4 aromatic carbocycles. The summed E-state index contributed by atoms with van der Waals surface area (Å²) in [4.78, 5) is 0. The summed E-state index contributed by atoms with van der Waals surface area (Å²) in [5, 5.41) is 19.9. The number of hydrogen-bond donors (Lipinski definition) is 1. The lowest BCUT2D eigenvalue weighted by Gasteiger charge is -2.38. The fraction of sp³-hybridized carbons (Fsp3) is 0.115. The average Bonchev–Trinajstić information content (AvgIpc) is 3.25. The summed E-state index contributed by atoms with van der Waals surface area (Å²) in [6, 6.07) is 30.2. The molecule has 4 aromatic rings. The van der Waals surface area contributed by atoms with Gasteiger partial charge >= 0.3 is 0 Å². The van der Waals surface area contributed by atoms with Crippen molar-refractivity contribution < 1.29 is 9.84 Å². The third kappa shape index (κ3) is 2.57.